The molecule has 20 heavy (non-hydrogen) atoms. The van der Waals surface area contributed by atoms with E-state index < -0.39 is 10.4 Å². The van der Waals surface area contributed by atoms with E-state index in [2.05, 4.69) is 17.7 Å². The van der Waals surface area contributed by atoms with E-state index in [1.165, 1.54) is 6.92 Å². The second-order valence-corrected chi connectivity index (χ2v) is 5.33. The number of carbonyl (C=O) groups is 1. The Morgan fingerprint density at radius 2 is 1.85 bits per heavy atom. The van der Waals surface area contributed by atoms with E-state index in [9.17, 15) is 13.2 Å². The monoisotopic (exact) mass is 311 g/mol. The van der Waals surface area contributed by atoms with Crippen LogP contribution in [0.5, 0.6) is 0 Å². The number of ether oxygens (including phenoxy) is 1. The minimum Gasteiger partial charge on any atom is -0.461 e. The van der Waals surface area contributed by atoms with Gasteiger partial charge in [0.15, 0.2) is 0 Å². The van der Waals surface area contributed by atoms with E-state index in [0.29, 0.717) is 18.2 Å². The number of hydrogen-bond acceptors (Lipinski definition) is 6. The maximum absolute atomic E-state index is 11.0. The van der Waals surface area contributed by atoms with Gasteiger partial charge in [0, 0.05) is 11.6 Å². The van der Waals surface area contributed by atoms with Crippen molar-refractivity contribution in [1.82, 2.24) is 4.90 Å². The molecule has 0 bridgehead atoms. The molecule has 120 valence electrons. The highest BCUT2D eigenvalue weighted by Crippen LogP contribution is 2.01. The van der Waals surface area contributed by atoms with Gasteiger partial charge in [-0.3, -0.25) is 4.55 Å². The van der Waals surface area contributed by atoms with E-state index in [1.54, 1.807) is 6.92 Å². The smallest absolute Gasteiger partial charge is 0.397 e. The summed E-state index contributed by atoms with van der Waals surface area (Å²) in [6.45, 7) is 9.11. The highest BCUT2D eigenvalue weighted by Gasteiger charge is 2.11. The van der Waals surface area contributed by atoms with Crippen LogP contribution in [-0.4, -0.2) is 57.2 Å². The minimum absolute atomic E-state index is 0.0289. The molecule has 0 aliphatic heterocycles. The van der Waals surface area contributed by atoms with E-state index in [4.69, 9.17) is 9.29 Å². The van der Waals surface area contributed by atoms with Crippen molar-refractivity contribution in [2.24, 2.45) is 0 Å². The van der Waals surface area contributed by atoms with Crippen molar-refractivity contribution in [3.63, 3.8) is 0 Å². The molecule has 0 rings (SSSR count). The summed E-state index contributed by atoms with van der Waals surface area (Å²) in [5.41, 5.74) is 0.452. The van der Waals surface area contributed by atoms with E-state index >= 15 is 0 Å². The Morgan fingerprint density at radius 1 is 1.35 bits per heavy atom. The lowest BCUT2D eigenvalue weighted by Gasteiger charge is -2.22. The summed E-state index contributed by atoms with van der Waals surface area (Å²) in [6, 6.07) is 0.295. The molecule has 8 heteroatoms. The fourth-order valence-electron chi connectivity index (χ4n) is 1.08. The van der Waals surface area contributed by atoms with Gasteiger partial charge in [-0.05, 0) is 34.4 Å². The van der Waals surface area contributed by atoms with Crippen LogP contribution in [0.3, 0.4) is 0 Å². The number of rotatable bonds is 7. The topological polar surface area (TPSA) is 93.1 Å². The van der Waals surface area contributed by atoms with Crippen molar-refractivity contribution in [2.75, 3.05) is 27.3 Å². The summed E-state index contributed by atoms with van der Waals surface area (Å²) < 4.78 is 35.7. The van der Waals surface area contributed by atoms with Crippen molar-refractivity contribution in [2.45, 2.75) is 33.2 Å². The van der Waals surface area contributed by atoms with Gasteiger partial charge >= 0.3 is 16.4 Å². The predicted octanol–water partition coefficient (Wildman–Crippen LogP) is 1.27. The zero-order chi connectivity index (χ0) is 16.3. The SMILES string of the molecule is C=C(C)C(=O)OCC(CC)N(C)C.CCOS(=O)(=O)O. The molecule has 0 amide bonds. The standard InChI is InChI=1S/C10H19NO2.C2H6O4S/c1-6-9(11(4)5)7-13-10(12)8(2)3;1-2-6-7(3,4)5/h9H,2,6-7H2,1,3-5H3;2H2,1H3,(H,3,4,5). The highest BCUT2D eigenvalue weighted by atomic mass is 32.3. The molecule has 0 fully saturated rings. The van der Waals surface area contributed by atoms with Crippen molar-refractivity contribution in [1.29, 1.82) is 0 Å². The Hall–Kier alpha value is -0.960. The first kappa shape index (κ1) is 21.3. The molecule has 0 aromatic heterocycles. The maximum atomic E-state index is 11.0. The van der Waals surface area contributed by atoms with Crippen LogP contribution in [-0.2, 0) is 24.1 Å². The van der Waals surface area contributed by atoms with Gasteiger partial charge in [-0.15, -0.1) is 0 Å². The number of carbonyl (C=O) groups excluding carboxylic acids is 1. The third kappa shape index (κ3) is 13.5. The zero-order valence-corrected chi connectivity index (χ0v) is 13.6. The van der Waals surface area contributed by atoms with Crippen LogP contribution in [0.15, 0.2) is 12.2 Å². The molecule has 1 unspecified atom stereocenters. The van der Waals surface area contributed by atoms with Gasteiger partial charge in [0.1, 0.15) is 6.61 Å². The Labute approximate surface area is 121 Å². The normalized spacial score (nSPS) is 12.3. The summed E-state index contributed by atoms with van der Waals surface area (Å²) in [4.78, 5) is 13.1. The van der Waals surface area contributed by atoms with Crippen LogP contribution in [0.1, 0.15) is 27.2 Å². The maximum Gasteiger partial charge on any atom is 0.397 e. The fraction of sp³-hybridized carbons (Fsp3) is 0.750. The average molecular weight is 311 g/mol. The van der Waals surface area contributed by atoms with E-state index in [1.807, 2.05) is 19.0 Å². The summed E-state index contributed by atoms with van der Waals surface area (Å²) >= 11 is 0. The molecule has 0 aromatic carbocycles. The molecule has 0 aliphatic carbocycles. The number of nitrogens with zero attached hydrogens (tertiary/aromatic N) is 1. The number of likely N-dealkylation sites (N-methyl/N-ethyl adjacent to an activating group) is 1. The predicted molar refractivity (Wildman–Crippen MR) is 76.7 cm³/mol. The lowest BCUT2D eigenvalue weighted by Crippen LogP contribution is -2.32. The lowest BCUT2D eigenvalue weighted by molar-refractivity contribution is -0.140. The Morgan fingerprint density at radius 3 is 2.05 bits per heavy atom. The fourth-order valence-corrected chi connectivity index (χ4v) is 1.37. The molecule has 1 atom stereocenters. The van der Waals surface area contributed by atoms with Gasteiger partial charge in [0.25, 0.3) is 0 Å². The summed E-state index contributed by atoms with van der Waals surface area (Å²) in [5, 5.41) is 0. The quantitative estimate of drug-likeness (QED) is 0.430. The molecule has 0 saturated heterocycles. The van der Waals surface area contributed by atoms with Gasteiger partial charge in [0.2, 0.25) is 0 Å². The molecule has 0 aromatic rings. The third-order valence-electron chi connectivity index (χ3n) is 2.22. The van der Waals surface area contributed by atoms with Crippen LogP contribution in [0.2, 0.25) is 0 Å². The number of esters is 1. The third-order valence-corrected chi connectivity index (χ3v) is 2.76. The van der Waals surface area contributed by atoms with Crippen LogP contribution >= 0.6 is 0 Å². The summed E-state index contributed by atoms with van der Waals surface area (Å²) in [7, 11) is -0.224. The molecule has 0 heterocycles. The zero-order valence-electron chi connectivity index (χ0n) is 12.7. The molecule has 0 saturated carbocycles. The molecule has 0 radical (unpaired) electrons. The van der Waals surface area contributed by atoms with Crippen molar-refractivity contribution < 1.29 is 26.7 Å². The summed E-state index contributed by atoms with van der Waals surface area (Å²) in [5.74, 6) is -0.305. The molecule has 0 spiro atoms. The Balaban J connectivity index is 0. The molecular weight excluding hydrogens is 286 g/mol. The molecule has 7 nitrogen and oxygen atoms in total. The van der Waals surface area contributed by atoms with Crippen molar-refractivity contribution >= 4 is 16.4 Å². The van der Waals surface area contributed by atoms with Gasteiger partial charge in [0.05, 0.1) is 6.61 Å². The van der Waals surface area contributed by atoms with Gasteiger partial charge in [-0.25, -0.2) is 8.98 Å². The second kappa shape index (κ2) is 10.8. The van der Waals surface area contributed by atoms with Gasteiger partial charge in [-0.1, -0.05) is 13.5 Å². The first-order valence-electron chi connectivity index (χ1n) is 6.16. The minimum atomic E-state index is -4.17. The average Bonchev–Trinajstić information content (AvgIpc) is 2.28. The van der Waals surface area contributed by atoms with Crippen molar-refractivity contribution in [3.8, 4) is 0 Å². The van der Waals surface area contributed by atoms with Crippen LogP contribution in [0.25, 0.3) is 0 Å². The van der Waals surface area contributed by atoms with E-state index in [-0.39, 0.29) is 12.6 Å². The van der Waals surface area contributed by atoms with E-state index in [0.717, 1.165) is 6.42 Å². The first-order valence-corrected chi connectivity index (χ1v) is 7.52. The highest BCUT2D eigenvalue weighted by molar-refractivity contribution is 7.80. The van der Waals surface area contributed by atoms with Crippen LogP contribution in [0, 0.1) is 0 Å². The Kier molecular flexibility index (Phi) is 11.5. The second-order valence-electron chi connectivity index (χ2n) is 4.24. The first-order chi connectivity index (χ1) is 9.05. The molecule has 1 N–H and O–H groups in total. The van der Waals surface area contributed by atoms with Gasteiger partial charge < -0.3 is 9.64 Å². The van der Waals surface area contributed by atoms with Gasteiger partial charge in [-0.2, -0.15) is 8.42 Å². The number of hydrogen-bond donors (Lipinski definition) is 1. The Bertz CT molecular complexity index is 391. The lowest BCUT2D eigenvalue weighted by atomic mass is 10.2. The molecule has 0 aliphatic rings. The largest absolute Gasteiger partial charge is 0.461 e. The van der Waals surface area contributed by atoms with Crippen LogP contribution < -0.4 is 0 Å². The summed E-state index contributed by atoms with van der Waals surface area (Å²) in [6.07, 6.45) is 0.969. The van der Waals surface area contributed by atoms with Crippen molar-refractivity contribution in [3.05, 3.63) is 12.2 Å². The molecular formula is C12H25NO6S. The van der Waals surface area contributed by atoms with Crippen LogP contribution in [0.4, 0.5) is 0 Å².